The minimum Gasteiger partial charge on any atom is -0.508 e. The third-order valence-electron chi connectivity index (χ3n) is 3.06. The van der Waals surface area contributed by atoms with Crippen molar-refractivity contribution in [2.75, 3.05) is 0 Å². The molecule has 5 heteroatoms. The molecule has 0 saturated carbocycles. The maximum atomic E-state index is 9.22. The molecule has 1 aromatic carbocycles. The van der Waals surface area contributed by atoms with Gasteiger partial charge in [-0.1, -0.05) is 12.1 Å². The first-order valence-electron chi connectivity index (χ1n) is 6.49. The average Bonchev–Trinajstić information content (AvgIpc) is 2.81. The molecule has 0 unspecified atom stereocenters. The predicted octanol–water partition coefficient (Wildman–Crippen LogP) is 1.63. The summed E-state index contributed by atoms with van der Waals surface area (Å²) in [5.41, 5.74) is 1.24. The Morgan fingerprint density at radius 1 is 1.32 bits per heavy atom. The summed E-state index contributed by atoms with van der Waals surface area (Å²) in [6, 6.07) is 7.78. The Kier molecular flexibility index (Phi) is 4.52. The van der Waals surface area contributed by atoms with Gasteiger partial charge < -0.3 is 10.4 Å². The molecule has 0 bridgehead atoms. The van der Waals surface area contributed by atoms with Crippen LogP contribution in [0.2, 0.25) is 0 Å². The van der Waals surface area contributed by atoms with Crippen molar-refractivity contribution >= 4 is 0 Å². The van der Waals surface area contributed by atoms with Gasteiger partial charge in [-0.3, -0.25) is 4.68 Å². The first-order chi connectivity index (χ1) is 9.13. The molecule has 0 amide bonds. The minimum atomic E-state index is 0.316. The molecular formula is C14H20N4O. The molecule has 0 radical (unpaired) electrons. The van der Waals surface area contributed by atoms with E-state index < -0.39 is 0 Å². The number of aromatic hydroxyl groups is 1. The lowest BCUT2D eigenvalue weighted by molar-refractivity contribution is 0.474. The van der Waals surface area contributed by atoms with Crippen LogP contribution in [0.5, 0.6) is 5.75 Å². The number of benzene rings is 1. The predicted molar refractivity (Wildman–Crippen MR) is 73.7 cm³/mol. The Hall–Kier alpha value is -1.88. The van der Waals surface area contributed by atoms with Crippen LogP contribution in [0.4, 0.5) is 0 Å². The molecule has 102 valence electrons. The number of aromatic nitrogens is 3. The molecule has 19 heavy (non-hydrogen) atoms. The van der Waals surface area contributed by atoms with Gasteiger partial charge in [0.25, 0.3) is 0 Å². The molecule has 2 N–H and O–H groups in total. The van der Waals surface area contributed by atoms with Crippen molar-refractivity contribution in [2.24, 2.45) is 7.05 Å². The Morgan fingerprint density at radius 2 is 2.05 bits per heavy atom. The van der Waals surface area contributed by atoms with E-state index in [4.69, 9.17) is 0 Å². The zero-order valence-electron chi connectivity index (χ0n) is 11.4. The van der Waals surface area contributed by atoms with Gasteiger partial charge in [0.15, 0.2) is 5.82 Å². The van der Waals surface area contributed by atoms with Crippen LogP contribution < -0.4 is 5.32 Å². The van der Waals surface area contributed by atoms with Crippen LogP contribution in [0, 0.1) is 0 Å². The van der Waals surface area contributed by atoms with Crippen molar-refractivity contribution in [3.63, 3.8) is 0 Å². The molecule has 0 aliphatic rings. The molecule has 2 rings (SSSR count). The summed E-state index contributed by atoms with van der Waals surface area (Å²) in [7, 11) is 1.87. The average molecular weight is 260 g/mol. The second-order valence-corrected chi connectivity index (χ2v) is 4.82. The van der Waals surface area contributed by atoms with Gasteiger partial charge in [0.1, 0.15) is 12.1 Å². The van der Waals surface area contributed by atoms with E-state index in [9.17, 15) is 5.11 Å². The molecule has 1 heterocycles. The van der Waals surface area contributed by atoms with Crippen LogP contribution in [0.1, 0.15) is 24.7 Å². The second-order valence-electron chi connectivity index (χ2n) is 4.82. The fourth-order valence-corrected chi connectivity index (χ4v) is 1.88. The lowest BCUT2D eigenvalue weighted by Gasteiger charge is -2.12. The maximum Gasteiger partial charge on any atom is 0.164 e. The summed E-state index contributed by atoms with van der Waals surface area (Å²) in [5, 5.41) is 16.9. The highest BCUT2D eigenvalue weighted by Gasteiger charge is 2.04. The summed E-state index contributed by atoms with van der Waals surface area (Å²) in [6.45, 7) is 2.85. The van der Waals surface area contributed by atoms with Crippen molar-refractivity contribution in [1.29, 1.82) is 0 Å². The lowest BCUT2D eigenvalue weighted by atomic mass is 10.1. The number of aryl methyl sites for hydroxylation is 2. The number of phenolic OH excluding ortho intramolecular Hbond substituents is 1. The van der Waals surface area contributed by atoms with Gasteiger partial charge in [-0.05, 0) is 37.5 Å². The third-order valence-corrected chi connectivity index (χ3v) is 3.06. The summed E-state index contributed by atoms with van der Waals surface area (Å²) < 4.78 is 1.71. The second kappa shape index (κ2) is 6.33. The van der Waals surface area contributed by atoms with E-state index >= 15 is 0 Å². The first-order valence-corrected chi connectivity index (χ1v) is 6.49. The molecule has 0 aliphatic heterocycles. The van der Waals surface area contributed by atoms with Crippen LogP contribution >= 0.6 is 0 Å². The third kappa shape index (κ3) is 4.37. The standard InChI is InChI=1S/C14H20N4O/c1-11(15-9-14-16-10-18(2)17-14)3-4-12-5-7-13(19)8-6-12/h5-8,10-11,15,19H,3-4,9H2,1-2H3/t11-/m0/s1. The maximum absolute atomic E-state index is 9.22. The van der Waals surface area contributed by atoms with Crippen molar-refractivity contribution in [3.05, 3.63) is 42.0 Å². The van der Waals surface area contributed by atoms with Gasteiger partial charge in [-0.25, -0.2) is 4.98 Å². The van der Waals surface area contributed by atoms with Gasteiger partial charge in [-0.15, -0.1) is 0 Å². The van der Waals surface area contributed by atoms with Gasteiger partial charge >= 0.3 is 0 Å². The lowest BCUT2D eigenvalue weighted by Crippen LogP contribution is -2.26. The van der Waals surface area contributed by atoms with Crippen LogP contribution in [0.25, 0.3) is 0 Å². The number of nitrogens with one attached hydrogen (secondary N) is 1. The molecular weight excluding hydrogens is 240 g/mol. The molecule has 0 saturated heterocycles. The van der Waals surface area contributed by atoms with E-state index in [2.05, 4.69) is 22.3 Å². The van der Waals surface area contributed by atoms with Crippen molar-refractivity contribution in [2.45, 2.75) is 32.4 Å². The number of nitrogens with zero attached hydrogens (tertiary/aromatic N) is 3. The molecule has 0 aliphatic carbocycles. The van der Waals surface area contributed by atoms with E-state index in [1.54, 1.807) is 23.1 Å². The molecule has 0 fully saturated rings. The highest BCUT2D eigenvalue weighted by Crippen LogP contribution is 2.11. The van der Waals surface area contributed by atoms with Crippen LogP contribution in [0.15, 0.2) is 30.6 Å². The minimum absolute atomic E-state index is 0.316. The van der Waals surface area contributed by atoms with E-state index in [1.807, 2.05) is 19.2 Å². The van der Waals surface area contributed by atoms with Crippen molar-refractivity contribution in [3.8, 4) is 5.75 Å². The number of hydrogen-bond acceptors (Lipinski definition) is 4. The van der Waals surface area contributed by atoms with E-state index in [1.165, 1.54) is 5.56 Å². The molecule has 5 nitrogen and oxygen atoms in total. The highest BCUT2D eigenvalue weighted by atomic mass is 16.3. The van der Waals surface area contributed by atoms with Crippen LogP contribution in [0.3, 0.4) is 0 Å². The van der Waals surface area contributed by atoms with E-state index in [0.29, 0.717) is 18.3 Å². The molecule has 0 spiro atoms. The summed E-state index contributed by atoms with van der Waals surface area (Å²) >= 11 is 0. The fraction of sp³-hybridized carbons (Fsp3) is 0.429. The largest absolute Gasteiger partial charge is 0.508 e. The zero-order chi connectivity index (χ0) is 13.7. The first kappa shape index (κ1) is 13.5. The smallest absolute Gasteiger partial charge is 0.164 e. The number of hydrogen-bond donors (Lipinski definition) is 2. The Labute approximate surface area is 113 Å². The van der Waals surface area contributed by atoms with Gasteiger partial charge in [-0.2, -0.15) is 5.10 Å². The summed E-state index contributed by atoms with van der Waals surface area (Å²) in [6.07, 6.45) is 3.74. The Balaban J connectivity index is 1.72. The monoisotopic (exact) mass is 260 g/mol. The molecule has 2 aromatic rings. The topological polar surface area (TPSA) is 63.0 Å². The van der Waals surface area contributed by atoms with Gasteiger partial charge in [0, 0.05) is 13.1 Å². The van der Waals surface area contributed by atoms with Crippen molar-refractivity contribution < 1.29 is 5.11 Å². The van der Waals surface area contributed by atoms with E-state index in [0.717, 1.165) is 18.7 Å². The normalized spacial score (nSPS) is 12.5. The number of phenols is 1. The van der Waals surface area contributed by atoms with Gasteiger partial charge in [0.05, 0.1) is 6.54 Å². The quantitative estimate of drug-likeness (QED) is 0.828. The fourth-order valence-electron chi connectivity index (χ4n) is 1.88. The SMILES string of the molecule is C[C@@H](CCc1ccc(O)cc1)NCc1ncn(C)n1. The highest BCUT2D eigenvalue weighted by molar-refractivity contribution is 5.25. The Morgan fingerprint density at radius 3 is 2.68 bits per heavy atom. The zero-order valence-corrected chi connectivity index (χ0v) is 11.4. The van der Waals surface area contributed by atoms with Crippen LogP contribution in [-0.2, 0) is 20.0 Å². The van der Waals surface area contributed by atoms with E-state index in [-0.39, 0.29) is 0 Å². The summed E-state index contributed by atoms with van der Waals surface area (Å²) in [5.74, 6) is 1.13. The number of rotatable bonds is 6. The molecule has 1 atom stereocenters. The van der Waals surface area contributed by atoms with Gasteiger partial charge in [0.2, 0.25) is 0 Å². The summed E-state index contributed by atoms with van der Waals surface area (Å²) in [4.78, 5) is 4.18. The van der Waals surface area contributed by atoms with Crippen molar-refractivity contribution in [1.82, 2.24) is 20.1 Å². The van der Waals surface area contributed by atoms with Crippen LogP contribution in [-0.4, -0.2) is 25.9 Å². The molecule has 1 aromatic heterocycles. The Bertz CT molecular complexity index is 506.